The molecule has 1 saturated heterocycles. The van der Waals surface area contributed by atoms with E-state index in [-0.39, 0.29) is 29.5 Å². The topological polar surface area (TPSA) is 67.5 Å². The second-order valence-electron chi connectivity index (χ2n) is 10.6. The Labute approximate surface area is 175 Å². The first kappa shape index (κ1) is 22.7. The van der Waals surface area contributed by atoms with E-state index in [1.807, 2.05) is 4.57 Å². The molecule has 1 aliphatic carbocycles. The first-order valence-corrected chi connectivity index (χ1v) is 14.8. The molecule has 1 spiro atoms. The summed E-state index contributed by atoms with van der Waals surface area (Å²) >= 11 is 0. The quantitative estimate of drug-likeness (QED) is 0.468. The van der Waals surface area contributed by atoms with Crippen LogP contribution in [0.15, 0.2) is 4.79 Å². The minimum absolute atomic E-state index is 0.0422. The molecule has 166 valence electrons. The third-order valence-corrected chi connectivity index (χ3v) is 7.95. The van der Waals surface area contributed by atoms with Gasteiger partial charge in [0.2, 0.25) is 0 Å². The fraction of sp³-hybridized carbons (Fsp3) is 0.905. The Morgan fingerprint density at radius 2 is 1.76 bits per heavy atom. The van der Waals surface area contributed by atoms with Crippen molar-refractivity contribution in [2.45, 2.75) is 97.1 Å². The van der Waals surface area contributed by atoms with Gasteiger partial charge in [-0.1, -0.05) is 40.4 Å². The maximum absolute atomic E-state index is 13.1. The Kier molecular flexibility index (Phi) is 6.77. The molecule has 0 N–H and O–H groups in total. The Bertz CT molecular complexity index is 734. The number of aromatic nitrogens is 3. The standard InChI is InChI=1S/C21H39N3O4Si/c1-17(2)18-22-24(16-26-13-14-29(4,5)6)19(25)23(18)15-20(3)7-9-21(10-8-20)27-11-12-28-21/h17H,7-16H2,1-6H3. The van der Waals surface area contributed by atoms with E-state index >= 15 is 0 Å². The SMILES string of the molecule is CC(C)c1nn(COCC[Si](C)(C)C)c(=O)n1CC1(C)CCC2(CC1)OCCO2. The fourth-order valence-corrected chi connectivity index (χ4v) is 4.96. The van der Waals surface area contributed by atoms with Crippen molar-refractivity contribution in [2.75, 3.05) is 19.8 Å². The molecule has 0 atom stereocenters. The molecule has 7 nitrogen and oxygen atoms in total. The summed E-state index contributed by atoms with van der Waals surface area (Å²) in [5.41, 5.74) is -0.0165. The zero-order chi connectivity index (χ0) is 21.3. The third-order valence-electron chi connectivity index (χ3n) is 6.25. The van der Waals surface area contributed by atoms with Crippen molar-refractivity contribution in [1.82, 2.24) is 14.3 Å². The largest absolute Gasteiger partial charge is 0.359 e. The molecule has 1 aromatic rings. The Balaban J connectivity index is 1.68. The summed E-state index contributed by atoms with van der Waals surface area (Å²) in [6.07, 6.45) is 3.75. The zero-order valence-electron chi connectivity index (χ0n) is 19.1. The highest BCUT2D eigenvalue weighted by Gasteiger charge is 2.44. The monoisotopic (exact) mass is 425 g/mol. The molecule has 1 saturated carbocycles. The minimum Gasteiger partial charge on any atom is -0.359 e. The van der Waals surface area contributed by atoms with Crippen molar-refractivity contribution in [2.24, 2.45) is 5.41 Å². The van der Waals surface area contributed by atoms with Crippen molar-refractivity contribution in [3.05, 3.63) is 16.3 Å². The Morgan fingerprint density at radius 1 is 1.14 bits per heavy atom. The van der Waals surface area contributed by atoms with E-state index in [9.17, 15) is 4.79 Å². The van der Waals surface area contributed by atoms with Crippen LogP contribution in [0.1, 0.15) is 58.2 Å². The van der Waals surface area contributed by atoms with Gasteiger partial charge >= 0.3 is 5.69 Å². The van der Waals surface area contributed by atoms with Crippen molar-refractivity contribution in [1.29, 1.82) is 0 Å². The molecule has 1 aromatic heterocycles. The van der Waals surface area contributed by atoms with Crippen LogP contribution in [0.2, 0.25) is 25.7 Å². The summed E-state index contributed by atoms with van der Waals surface area (Å²) < 4.78 is 20.9. The van der Waals surface area contributed by atoms with Crippen LogP contribution in [-0.4, -0.2) is 48.0 Å². The average Bonchev–Trinajstić information content (AvgIpc) is 3.21. The molecule has 2 aliphatic rings. The number of rotatable bonds is 8. The second-order valence-corrected chi connectivity index (χ2v) is 16.3. The summed E-state index contributed by atoms with van der Waals surface area (Å²) in [5, 5.41) is 4.61. The van der Waals surface area contributed by atoms with Crippen molar-refractivity contribution in [3.8, 4) is 0 Å². The molecule has 1 aliphatic heterocycles. The summed E-state index contributed by atoms with van der Waals surface area (Å²) in [4.78, 5) is 13.1. The van der Waals surface area contributed by atoms with Crippen LogP contribution in [0.5, 0.6) is 0 Å². The molecule has 0 unspecified atom stereocenters. The molecule has 2 heterocycles. The summed E-state index contributed by atoms with van der Waals surface area (Å²) in [5.74, 6) is 0.657. The van der Waals surface area contributed by atoms with Crippen LogP contribution in [0, 0.1) is 5.41 Å². The first-order chi connectivity index (χ1) is 13.5. The summed E-state index contributed by atoms with van der Waals surface area (Å²) in [7, 11) is -1.14. The van der Waals surface area contributed by atoms with Gasteiger partial charge in [-0.2, -0.15) is 9.78 Å². The smallest absolute Gasteiger partial charge is 0.348 e. The lowest BCUT2D eigenvalue weighted by Crippen LogP contribution is -2.42. The van der Waals surface area contributed by atoms with Gasteiger partial charge in [0, 0.05) is 40.0 Å². The summed E-state index contributed by atoms with van der Waals surface area (Å²) in [6, 6.07) is 1.09. The number of nitrogens with zero attached hydrogens (tertiary/aromatic N) is 3. The van der Waals surface area contributed by atoms with Gasteiger partial charge in [0.15, 0.2) is 5.79 Å². The highest BCUT2D eigenvalue weighted by molar-refractivity contribution is 6.76. The van der Waals surface area contributed by atoms with Gasteiger partial charge in [0.25, 0.3) is 0 Å². The van der Waals surface area contributed by atoms with E-state index in [1.165, 1.54) is 4.68 Å². The van der Waals surface area contributed by atoms with Gasteiger partial charge < -0.3 is 14.2 Å². The molecule has 29 heavy (non-hydrogen) atoms. The van der Waals surface area contributed by atoms with Crippen LogP contribution < -0.4 is 5.69 Å². The van der Waals surface area contributed by atoms with Gasteiger partial charge in [-0.3, -0.25) is 4.57 Å². The highest BCUT2D eigenvalue weighted by atomic mass is 28.3. The molecule has 8 heteroatoms. The molecule has 3 rings (SSSR count). The van der Waals surface area contributed by atoms with Gasteiger partial charge in [0.1, 0.15) is 12.6 Å². The minimum atomic E-state index is -1.14. The van der Waals surface area contributed by atoms with E-state index in [2.05, 4.69) is 45.5 Å². The van der Waals surface area contributed by atoms with Crippen molar-refractivity contribution in [3.63, 3.8) is 0 Å². The predicted octanol–water partition coefficient (Wildman–Crippen LogP) is 3.80. The maximum Gasteiger partial charge on any atom is 0.348 e. The third kappa shape index (κ3) is 5.60. The lowest BCUT2D eigenvalue weighted by molar-refractivity contribution is -0.191. The van der Waals surface area contributed by atoms with Crippen molar-refractivity contribution < 1.29 is 14.2 Å². The number of hydrogen-bond donors (Lipinski definition) is 0. The normalized spacial score (nSPS) is 21.3. The Hall–Kier alpha value is -0.963. The average molecular weight is 426 g/mol. The van der Waals surface area contributed by atoms with Crippen LogP contribution >= 0.6 is 0 Å². The molecule has 2 fully saturated rings. The lowest BCUT2D eigenvalue weighted by atomic mass is 9.73. The molecular formula is C21H39N3O4Si. The van der Waals surface area contributed by atoms with Gasteiger partial charge in [-0.05, 0) is 24.3 Å². The first-order valence-electron chi connectivity index (χ1n) is 11.1. The number of hydrogen-bond acceptors (Lipinski definition) is 5. The predicted molar refractivity (Wildman–Crippen MR) is 116 cm³/mol. The van der Waals surface area contributed by atoms with E-state index in [4.69, 9.17) is 14.2 Å². The molecule has 0 bridgehead atoms. The second kappa shape index (κ2) is 8.65. The van der Waals surface area contributed by atoms with Crippen molar-refractivity contribution >= 4 is 8.07 Å². The van der Waals surface area contributed by atoms with Crippen LogP contribution in [-0.2, 0) is 27.5 Å². The van der Waals surface area contributed by atoms with Gasteiger partial charge in [0.05, 0.1) is 13.2 Å². The Morgan fingerprint density at radius 3 is 2.31 bits per heavy atom. The molecule has 0 radical (unpaired) electrons. The van der Waals surface area contributed by atoms with Gasteiger partial charge in [-0.25, -0.2) is 4.79 Å². The fourth-order valence-electron chi connectivity index (χ4n) is 4.21. The van der Waals surface area contributed by atoms with Crippen LogP contribution in [0.25, 0.3) is 0 Å². The van der Waals surface area contributed by atoms with Crippen LogP contribution in [0.4, 0.5) is 0 Å². The molecular weight excluding hydrogens is 386 g/mol. The highest BCUT2D eigenvalue weighted by Crippen LogP contribution is 2.45. The van der Waals surface area contributed by atoms with E-state index < -0.39 is 8.07 Å². The van der Waals surface area contributed by atoms with E-state index in [0.29, 0.717) is 26.4 Å². The maximum atomic E-state index is 13.1. The summed E-state index contributed by atoms with van der Waals surface area (Å²) in [6.45, 7) is 16.4. The van der Waals surface area contributed by atoms with E-state index in [1.54, 1.807) is 0 Å². The van der Waals surface area contributed by atoms with Crippen LogP contribution in [0.3, 0.4) is 0 Å². The lowest BCUT2D eigenvalue weighted by Gasteiger charge is -2.41. The van der Waals surface area contributed by atoms with Gasteiger partial charge in [-0.15, -0.1) is 0 Å². The zero-order valence-corrected chi connectivity index (χ0v) is 20.1. The molecule has 0 aromatic carbocycles. The van der Waals surface area contributed by atoms with E-state index in [0.717, 1.165) is 37.6 Å². The molecule has 0 amide bonds. The number of ether oxygens (including phenoxy) is 3.